The lowest BCUT2D eigenvalue weighted by Gasteiger charge is -2.35. The van der Waals surface area contributed by atoms with Crippen LogP contribution in [0, 0.1) is 0 Å². The zero-order valence-corrected chi connectivity index (χ0v) is 17.7. The van der Waals surface area contributed by atoms with Crippen molar-refractivity contribution in [2.75, 3.05) is 38.0 Å². The number of thiol groups is 1. The first-order chi connectivity index (χ1) is 15.1. The Morgan fingerprint density at radius 1 is 1.03 bits per heavy atom. The van der Waals surface area contributed by atoms with E-state index in [4.69, 9.17) is 4.74 Å². The highest BCUT2D eigenvalue weighted by Gasteiger charge is 2.38. The molecule has 2 aromatic rings. The van der Waals surface area contributed by atoms with Gasteiger partial charge in [-0.3, -0.25) is 19.3 Å². The molecular weight excluding hydrogens is 453 g/mol. The number of nitrogens with zero attached hydrogens (tertiary/aromatic N) is 3. The molecule has 1 aromatic carbocycles. The molecule has 2 amide bonds. The number of rotatable bonds is 5. The minimum atomic E-state index is -4.76. The molecule has 9 nitrogen and oxygen atoms in total. The van der Waals surface area contributed by atoms with Crippen LogP contribution in [-0.2, 0) is 17.1 Å². The Morgan fingerprint density at radius 3 is 2.16 bits per heavy atom. The molecule has 1 saturated heterocycles. The van der Waals surface area contributed by atoms with E-state index in [9.17, 15) is 31.2 Å². The highest BCUT2D eigenvalue weighted by Crippen LogP contribution is 2.31. The van der Waals surface area contributed by atoms with Crippen molar-refractivity contribution in [3.63, 3.8) is 0 Å². The molecule has 0 spiro atoms. The van der Waals surface area contributed by atoms with Crippen molar-refractivity contribution >= 4 is 28.4 Å². The standard InChI is InChI=1S/C19H19F3N4O5S/c1-31-15-11-12(24-32(29)30)4-5-13(15)17(27)25-7-9-26(10-8-25)18(28)14-3-2-6-23-16(14)19(20,21)22/h2-6,11,32H,7-10H2,1H3,(H,24,29,30). The Kier molecular flexibility index (Phi) is 6.87. The van der Waals surface area contributed by atoms with E-state index in [-0.39, 0.29) is 43.2 Å². The Hall–Kier alpha value is -3.35. The second-order valence-corrected chi connectivity index (χ2v) is 7.50. The number of hydrogen-bond acceptors (Lipinski definition) is 6. The van der Waals surface area contributed by atoms with E-state index in [1.807, 2.05) is 0 Å². The lowest BCUT2D eigenvalue weighted by atomic mass is 10.1. The van der Waals surface area contributed by atoms with Crippen LogP contribution in [0.3, 0.4) is 0 Å². The highest BCUT2D eigenvalue weighted by atomic mass is 32.2. The zero-order valence-electron chi connectivity index (χ0n) is 16.8. The van der Waals surface area contributed by atoms with Gasteiger partial charge in [-0.1, -0.05) is 0 Å². The fraction of sp³-hybridized carbons (Fsp3) is 0.316. The summed E-state index contributed by atoms with van der Waals surface area (Å²) in [6.45, 7) is 0.272. The van der Waals surface area contributed by atoms with E-state index < -0.39 is 40.1 Å². The van der Waals surface area contributed by atoms with E-state index in [1.165, 1.54) is 41.2 Å². The van der Waals surface area contributed by atoms with E-state index in [0.29, 0.717) is 0 Å². The number of pyridine rings is 1. The van der Waals surface area contributed by atoms with Crippen LogP contribution in [0.5, 0.6) is 5.75 Å². The maximum absolute atomic E-state index is 13.2. The van der Waals surface area contributed by atoms with Gasteiger partial charge in [0, 0.05) is 38.4 Å². The molecule has 0 atom stereocenters. The summed E-state index contributed by atoms with van der Waals surface area (Å²) in [6, 6.07) is 6.51. The SMILES string of the molecule is COc1cc(N[SH](=O)=O)ccc1C(=O)N1CCN(C(=O)c2cccnc2C(F)(F)F)CC1. The van der Waals surface area contributed by atoms with E-state index in [1.54, 1.807) is 0 Å². The molecule has 32 heavy (non-hydrogen) atoms. The molecular formula is C19H19F3N4O5S. The Labute approximate surface area is 182 Å². The summed E-state index contributed by atoms with van der Waals surface area (Å²) >= 11 is 0. The highest BCUT2D eigenvalue weighted by molar-refractivity contribution is 7.73. The Bertz CT molecular complexity index is 1090. The average Bonchev–Trinajstić information content (AvgIpc) is 2.77. The van der Waals surface area contributed by atoms with E-state index >= 15 is 0 Å². The van der Waals surface area contributed by atoms with Crippen LogP contribution in [-0.4, -0.2) is 68.3 Å². The molecule has 1 aromatic heterocycles. The second kappa shape index (κ2) is 9.42. The summed E-state index contributed by atoms with van der Waals surface area (Å²) in [5.41, 5.74) is -1.38. The molecule has 0 saturated carbocycles. The van der Waals surface area contributed by atoms with Gasteiger partial charge in [0.05, 0.1) is 23.9 Å². The molecule has 1 N–H and O–H groups in total. The monoisotopic (exact) mass is 472 g/mol. The molecule has 0 unspecified atom stereocenters. The quantitative estimate of drug-likeness (QED) is 0.641. The third-order valence-corrected chi connectivity index (χ3v) is 5.25. The molecule has 1 fully saturated rings. The van der Waals surface area contributed by atoms with Gasteiger partial charge in [-0.15, -0.1) is 0 Å². The van der Waals surface area contributed by atoms with Crippen molar-refractivity contribution in [3.05, 3.63) is 53.3 Å². The predicted octanol–water partition coefficient (Wildman–Crippen LogP) is 1.65. The van der Waals surface area contributed by atoms with Crippen molar-refractivity contribution in [1.29, 1.82) is 0 Å². The van der Waals surface area contributed by atoms with Gasteiger partial charge in [-0.05, 0) is 24.3 Å². The minimum Gasteiger partial charge on any atom is -0.496 e. The Balaban J connectivity index is 1.71. The number of amides is 2. The maximum atomic E-state index is 13.2. The summed E-state index contributed by atoms with van der Waals surface area (Å²) in [7, 11) is -1.56. The number of carbonyl (C=O) groups is 2. The normalized spacial score (nSPS) is 14.4. The average molecular weight is 472 g/mol. The molecule has 3 rings (SSSR count). The summed E-state index contributed by atoms with van der Waals surface area (Å²) in [5.74, 6) is -1.07. The summed E-state index contributed by atoms with van der Waals surface area (Å²) in [4.78, 5) is 31.5. The van der Waals surface area contributed by atoms with Crippen LogP contribution >= 0.6 is 0 Å². The van der Waals surface area contributed by atoms with Crippen molar-refractivity contribution in [2.24, 2.45) is 0 Å². The number of anilines is 1. The number of alkyl halides is 3. The number of halogens is 3. The van der Waals surface area contributed by atoms with Gasteiger partial charge >= 0.3 is 6.18 Å². The Morgan fingerprint density at radius 2 is 1.62 bits per heavy atom. The van der Waals surface area contributed by atoms with Crippen LogP contribution in [0.4, 0.5) is 18.9 Å². The van der Waals surface area contributed by atoms with Crippen molar-refractivity contribution in [3.8, 4) is 5.75 Å². The smallest absolute Gasteiger partial charge is 0.434 e. The topological polar surface area (TPSA) is 109 Å². The molecule has 0 radical (unpaired) electrons. The van der Waals surface area contributed by atoms with Gasteiger partial charge < -0.3 is 14.5 Å². The van der Waals surface area contributed by atoms with E-state index in [2.05, 4.69) is 9.71 Å². The van der Waals surface area contributed by atoms with Gasteiger partial charge in [-0.25, -0.2) is 8.42 Å². The number of methoxy groups -OCH3 is 1. The lowest BCUT2D eigenvalue weighted by Crippen LogP contribution is -2.51. The number of hydrogen-bond donors (Lipinski definition) is 2. The van der Waals surface area contributed by atoms with Gasteiger partial charge in [-0.2, -0.15) is 13.2 Å². The molecule has 1 aliphatic heterocycles. The van der Waals surface area contributed by atoms with Crippen LogP contribution in [0.25, 0.3) is 0 Å². The fourth-order valence-corrected chi connectivity index (χ4v) is 3.65. The molecule has 13 heteroatoms. The van der Waals surface area contributed by atoms with Crippen molar-refractivity contribution in [2.45, 2.75) is 6.18 Å². The number of carbonyl (C=O) groups excluding carboxylic acids is 2. The van der Waals surface area contributed by atoms with Gasteiger partial charge in [0.25, 0.3) is 11.8 Å². The summed E-state index contributed by atoms with van der Waals surface area (Å²) in [6.07, 6.45) is -3.79. The molecule has 0 bridgehead atoms. The van der Waals surface area contributed by atoms with Gasteiger partial charge in [0.1, 0.15) is 5.75 Å². The minimum absolute atomic E-state index is 0.0371. The molecule has 2 heterocycles. The molecule has 172 valence electrons. The fourth-order valence-electron chi connectivity index (χ4n) is 3.30. The first kappa shape index (κ1) is 23.3. The lowest BCUT2D eigenvalue weighted by molar-refractivity contribution is -0.141. The first-order valence-corrected chi connectivity index (χ1v) is 10.5. The number of ether oxygens (including phenoxy) is 1. The third kappa shape index (κ3) is 5.10. The molecule has 1 aliphatic rings. The number of nitrogens with one attached hydrogen (secondary N) is 1. The predicted molar refractivity (Wildman–Crippen MR) is 108 cm³/mol. The van der Waals surface area contributed by atoms with Crippen molar-refractivity contribution < 1.29 is 35.9 Å². The zero-order chi connectivity index (χ0) is 23.5. The first-order valence-electron chi connectivity index (χ1n) is 9.31. The maximum Gasteiger partial charge on any atom is 0.434 e. The van der Waals surface area contributed by atoms with Crippen LogP contribution in [0.15, 0.2) is 36.5 Å². The number of benzene rings is 1. The third-order valence-electron chi connectivity index (χ3n) is 4.81. The van der Waals surface area contributed by atoms with Gasteiger partial charge in [0.15, 0.2) is 5.69 Å². The largest absolute Gasteiger partial charge is 0.496 e. The molecule has 0 aliphatic carbocycles. The summed E-state index contributed by atoms with van der Waals surface area (Å²) in [5, 5.41) is 0. The number of piperazine rings is 1. The van der Waals surface area contributed by atoms with Gasteiger partial charge in [0.2, 0.25) is 10.9 Å². The van der Waals surface area contributed by atoms with Crippen LogP contribution in [0.2, 0.25) is 0 Å². The van der Waals surface area contributed by atoms with Crippen LogP contribution < -0.4 is 9.46 Å². The van der Waals surface area contributed by atoms with Crippen LogP contribution in [0.1, 0.15) is 26.4 Å². The van der Waals surface area contributed by atoms with Crippen molar-refractivity contribution in [1.82, 2.24) is 14.8 Å². The van der Waals surface area contributed by atoms with E-state index in [0.717, 1.165) is 12.3 Å². The second-order valence-electron chi connectivity index (χ2n) is 6.77. The summed E-state index contributed by atoms with van der Waals surface area (Å²) < 4.78 is 68.5. The number of aromatic nitrogens is 1.